The molecule has 0 aliphatic carbocycles. The number of benzene rings is 1. The van der Waals surface area contributed by atoms with Gasteiger partial charge in [-0.25, -0.2) is 4.98 Å². The van der Waals surface area contributed by atoms with Crippen LogP contribution in [0, 0.1) is 6.92 Å². The van der Waals surface area contributed by atoms with Gasteiger partial charge in [0.1, 0.15) is 0 Å². The lowest BCUT2D eigenvalue weighted by Gasteiger charge is -2.27. The second-order valence-electron chi connectivity index (χ2n) is 7.90. The van der Waals surface area contributed by atoms with Crippen molar-refractivity contribution >= 4 is 45.0 Å². The van der Waals surface area contributed by atoms with Gasteiger partial charge < -0.3 is 4.74 Å². The highest BCUT2D eigenvalue weighted by Crippen LogP contribution is 2.31. The predicted molar refractivity (Wildman–Crippen MR) is 132 cm³/mol. The molecular formula is C23H32ClN5O2S. The van der Waals surface area contributed by atoms with Crippen molar-refractivity contribution in [3.05, 3.63) is 41.2 Å². The SMILES string of the molecule is CCc1ccc2nc(N(CCCN3CCOCC3)C(=O)c3cc(C)n(CC)n3)sc2c1.Cl. The summed E-state index contributed by atoms with van der Waals surface area (Å²) >= 11 is 1.59. The lowest BCUT2D eigenvalue weighted by Crippen LogP contribution is -2.39. The number of halogens is 1. The van der Waals surface area contributed by atoms with Gasteiger partial charge in [-0.05, 0) is 50.5 Å². The minimum absolute atomic E-state index is 0. The zero-order valence-electron chi connectivity index (χ0n) is 19.0. The molecule has 3 aromatic rings. The topological polar surface area (TPSA) is 63.5 Å². The van der Waals surface area contributed by atoms with Crippen molar-refractivity contribution in [2.45, 2.75) is 40.2 Å². The van der Waals surface area contributed by atoms with Crippen molar-refractivity contribution < 1.29 is 9.53 Å². The summed E-state index contributed by atoms with van der Waals surface area (Å²) in [4.78, 5) is 22.5. The van der Waals surface area contributed by atoms with E-state index in [1.54, 1.807) is 11.3 Å². The molecular weight excluding hydrogens is 446 g/mol. The van der Waals surface area contributed by atoms with Crippen LogP contribution < -0.4 is 4.90 Å². The lowest BCUT2D eigenvalue weighted by atomic mass is 10.2. The smallest absolute Gasteiger partial charge is 0.280 e. The Morgan fingerprint density at radius 2 is 2.00 bits per heavy atom. The molecule has 7 nitrogen and oxygen atoms in total. The zero-order valence-corrected chi connectivity index (χ0v) is 20.7. The minimum atomic E-state index is -0.0768. The van der Waals surface area contributed by atoms with E-state index >= 15 is 0 Å². The third kappa shape index (κ3) is 5.49. The van der Waals surface area contributed by atoms with E-state index in [1.807, 2.05) is 29.5 Å². The summed E-state index contributed by atoms with van der Waals surface area (Å²) in [5.41, 5.74) is 3.71. The molecule has 1 aromatic carbocycles. The fraction of sp³-hybridized carbons (Fsp3) is 0.522. The number of anilines is 1. The van der Waals surface area contributed by atoms with Gasteiger partial charge in [-0.2, -0.15) is 5.10 Å². The zero-order chi connectivity index (χ0) is 21.8. The standard InChI is InChI=1S/C23H31N5O2S.ClH/c1-4-18-7-8-19-21(16-18)31-23(24-19)27(10-6-9-26-11-13-30-14-12-26)22(29)20-15-17(3)28(5-2)25-20;/h7-8,15-16H,4-6,9-14H2,1-3H3;1H. The fourth-order valence-corrected chi connectivity index (χ4v) is 4.98. The first-order valence-corrected chi connectivity index (χ1v) is 12.0. The maximum absolute atomic E-state index is 13.5. The van der Waals surface area contributed by atoms with Crippen LogP contribution in [0.25, 0.3) is 10.2 Å². The van der Waals surface area contributed by atoms with E-state index in [2.05, 4.69) is 35.1 Å². The van der Waals surface area contributed by atoms with E-state index in [-0.39, 0.29) is 18.3 Å². The summed E-state index contributed by atoms with van der Waals surface area (Å²) in [5.74, 6) is -0.0768. The third-order valence-corrected chi connectivity index (χ3v) is 6.83. The molecule has 4 rings (SSSR count). The number of fused-ring (bicyclic) bond motifs is 1. The quantitative estimate of drug-likeness (QED) is 0.487. The number of rotatable bonds is 8. The Hall–Kier alpha value is -2.00. The Bertz CT molecular complexity index is 1040. The molecule has 0 N–H and O–H groups in total. The average Bonchev–Trinajstić information content (AvgIpc) is 3.39. The average molecular weight is 478 g/mol. The molecule has 0 bridgehead atoms. The Labute approximate surface area is 199 Å². The van der Waals surface area contributed by atoms with E-state index < -0.39 is 0 Å². The summed E-state index contributed by atoms with van der Waals surface area (Å²) in [6.07, 6.45) is 1.87. The lowest BCUT2D eigenvalue weighted by molar-refractivity contribution is 0.0376. The van der Waals surface area contributed by atoms with Gasteiger partial charge in [-0.3, -0.25) is 19.3 Å². The van der Waals surface area contributed by atoms with Crippen molar-refractivity contribution in [1.29, 1.82) is 0 Å². The molecule has 1 aliphatic rings. The summed E-state index contributed by atoms with van der Waals surface area (Å²) in [5, 5.41) is 5.28. The molecule has 174 valence electrons. The van der Waals surface area contributed by atoms with E-state index in [9.17, 15) is 4.79 Å². The van der Waals surface area contributed by atoms with Gasteiger partial charge in [-0.15, -0.1) is 12.4 Å². The molecule has 2 aromatic heterocycles. The molecule has 1 saturated heterocycles. The molecule has 0 unspecified atom stereocenters. The third-order valence-electron chi connectivity index (χ3n) is 5.79. The predicted octanol–water partition coefficient (Wildman–Crippen LogP) is 4.17. The summed E-state index contributed by atoms with van der Waals surface area (Å²) in [6.45, 7) is 12.0. The van der Waals surface area contributed by atoms with Crippen LogP contribution in [0.15, 0.2) is 24.3 Å². The van der Waals surface area contributed by atoms with Gasteiger partial charge in [0.2, 0.25) is 0 Å². The summed E-state index contributed by atoms with van der Waals surface area (Å²) in [7, 11) is 0. The fourth-order valence-electron chi connectivity index (χ4n) is 3.93. The number of nitrogens with zero attached hydrogens (tertiary/aromatic N) is 5. The highest BCUT2D eigenvalue weighted by molar-refractivity contribution is 7.22. The number of thiazole rings is 1. The first-order valence-electron chi connectivity index (χ1n) is 11.1. The second-order valence-corrected chi connectivity index (χ2v) is 8.91. The second kappa shape index (κ2) is 11.2. The van der Waals surface area contributed by atoms with Crippen molar-refractivity contribution in [1.82, 2.24) is 19.7 Å². The molecule has 1 amide bonds. The molecule has 1 fully saturated rings. The Morgan fingerprint density at radius 3 is 2.69 bits per heavy atom. The van der Waals surface area contributed by atoms with Crippen LogP contribution in [0.4, 0.5) is 5.13 Å². The van der Waals surface area contributed by atoms with Gasteiger partial charge in [0, 0.05) is 38.4 Å². The highest BCUT2D eigenvalue weighted by Gasteiger charge is 2.24. The van der Waals surface area contributed by atoms with E-state index in [0.717, 1.165) is 73.3 Å². The van der Waals surface area contributed by atoms with E-state index in [0.29, 0.717) is 12.2 Å². The largest absolute Gasteiger partial charge is 0.379 e. The van der Waals surface area contributed by atoms with Crippen molar-refractivity contribution in [2.24, 2.45) is 0 Å². The summed E-state index contributed by atoms with van der Waals surface area (Å²) < 4.78 is 8.43. The number of hydrogen-bond donors (Lipinski definition) is 0. The van der Waals surface area contributed by atoms with Crippen LogP contribution in [0.3, 0.4) is 0 Å². The molecule has 1 aliphatic heterocycles. The van der Waals surface area contributed by atoms with Gasteiger partial charge >= 0.3 is 0 Å². The van der Waals surface area contributed by atoms with Crippen LogP contribution >= 0.6 is 23.7 Å². The minimum Gasteiger partial charge on any atom is -0.379 e. The Balaban J connectivity index is 0.00000289. The van der Waals surface area contributed by atoms with Crippen molar-refractivity contribution in [2.75, 3.05) is 44.3 Å². The number of ether oxygens (including phenoxy) is 1. The number of morpholine rings is 1. The monoisotopic (exact) mass is 477 g/mol. The van der Waals surface area contributed by atoms with E-state index in [4.69, 9.17) is 9.72 Å². The van der Waals surface area contributed by atoms with Gasteiger partial charge in [0.25, 0.3) is 5.91 Å². The maximum Gasteiger partial charge on any atom is 0.280 e. The number of carbonyl (C=O) groups is 1. The normalized spacial score (nSPS) is 14.5. The molecule has 32 heavy (non-hydrogen) atoms. The number of aromatic nitrogens is 3. The number of carbonyl (C=O) groups excluding carboxylic acids is 1. The van der Waals surface area contributed by atoms with Crippen LogP contribution in [-0.4, -0.2) is 65.0 Å². The van der Waals surface area contributed by atoms with E-state index in [1.165, 1.54) is 5.56 Å². The van der Waals surface area contributed by atoms with Gasteiger partial charge in [0.05, 0.1) is 23.4 Å². The number of aryl methyl sites for hydroxylation is 3. The van der Waals surface area contributed by atoms with Crippen LogP contribution in [-0.2, 0) is 17.7 Å². The van der Waals surface area contributed by atoms with Gasteiger partial charge in [-0.1, -0.05) is 24.3 Å². The molecule has 9 heteroatoms. The Kier molecular flexibility index (Phi) is 8.64. The highest BCUT2D eigenvalue weighted by atomic mass is 35.5. The van der Waals surface area contributed by atoms with Crippen molar-refractivity contribution in [3.8, 4) is 0 Å². The summed E-state index contributed by atoms with van der Waals surface area (Å²) in [6, 6.07) is 8.23. The molecule has 0 saturated carbocycles. The van der Waals surface area contributed by atoms with Gasteiger partial charge in [0.15, 0.2) is 10.8 Å². The Morgan fingerprint density at radius 1 is 1.22 bits per heavy atom. The molecule has 0 spiro atoms. The van der Waals surface area contributed by atoms with Crippen LogP contribution in [0.2, 0.25) is 0 Å². The first kappa shape index (κ1) is 24.6. The molecule has 3 heterocycles. The number of amides is 1. The number of hydrogen-bond acceptors (Lipinski definition) is 6. The first-order chi connectivity index (χ1) is 15.1. The maximum atomic E-state index is 13.5. The molecule has 0 radical (unpaired) electrons. The van der Waals surface area contributed by atoms with Crippen molar-refractivity contribution in [3.63, 3.8) is 0 Å². The van der Waals surface area contributed by atoms with Crippen LogP contribution in [0.5, 0.6) is 0 Å². The molecule has 0 atom stereocenters. The van der Waals surface area contributed by atoms with Crippen LogP contribution in [0.1, 0.15) is 42.0 Å².